The van der Waals surface area contributed by atoms with Gasteiger partial charge in [-0.3, -0.25) is 0 Å². The Morgan fingerprint density at radius 3 is 1.43 bits per heavy atom. The Hall–Kier alpha value is -3.19. The largest absolute Gasteiger partial charge is 0.478 e. The summed E-state index contributed by atoms with van der Waals surface area (Å²) in [6.45, 7) is -0.404. The third-order valence-corrected chi connectivity index (χ3v) is 3.18. The molecule has 0 fully saturated rings. The summed E-state index contributed by atoms with van der Waals surface area (Å²) in [5.74, 6) is -3.81. The number of aliphatic hydroxyl groups is 1. The van der Waals surface area contributed by atoms with Crippen molar-refractivity contribution in [2.45, 2.75) is 6.61 Å². The second kappa shape index (κ2) is 6.29. The number of aromatic carboxylic acids is 3. The molecule has 0 aromatic heterocycles. The van der Waals surface area contributed by atoms with E-state index in [1.165, 1.54) is 30.3 Å². The molecule has 0 atom stereocenters. The Morgan fingerprint density at radius 1 is 0.652 bits per heavy atom. The van der Waals surface area contributed by atoms with Crippen LogP contribution in [0.25, 0.3) is 11.1 Å². The molecule has 7 heteroatoms. The fourth-order valence-corrected chi connectivity index (χ4v) is 2.11. The van der Waals surface area contributed by atoms with E-state index in [0.29, 0.717) is 11.1 Å². The molecular weight excluding hydrogens is 304 g/mol. The molecule has 118 valence electrons. The summed E-state index contributed by atoms with van der Waals surface area (Å²) in [5.41, 5.74) is 0.304. The Labute approximate surface area is 130 Å². The molecule has 0 aliphatic rings. The lowest BCUT2D eigenvalue weighted by Gasteiger charge is -2.09. The van der Waals surface area contributed by atoms with Crippen LogP contribution in [0.1, 0.15) is 36.6 Å². The predicted molar refractivity (Wildman–Crippen MR) is 78.7 cm³/mol. The van der Waals surface area contributed by atoms with Crippen molar-refractivity contribution in [3.05, 3.63) is 58.7 Å². The van der Waals surface area contributed by atoms with E-state index < -0.39 is 24.5 Å². The minimum atomic E-state index is -1.30. The monoisotopic (exact) mass is 316 g/mol. The molecule has 0 saturated heterocycles. The molecule has 0 heterocycles. The van der Waals surface area contributed by atoms with Crippen molar-refractivity contribution in [2.24, 2.45) is 0 Å². The summed E-state index contributed by atoms with van der Waals surface area (Å²) in [6.07, 6.45) is 0. The lowest BCUT2D eigenvalue weighted by Crippen LogP contribution is -2.04. The average Bonchev–Trinajstić information content (AvgIpc) is 2.53. The maximum absolute atomic E-state index is 11.1. The molecule has 0 saturated carbocycles. The molecule has 23 heavy (non-hydrogen) atoms. The zero-order chi connectivity index (χ0) is 17.1. The molecular formula is C16H12O7. The minimum Gasteiger partial charge on any atom is -0.478 e. The van der Waals surface area contributed by atoms with Gasteiger partial charge in [0, 0.05) is 0 Å². The van der Waals surface area contributed by atoms with Gasteiger partial charge in [-0.15, -0.1) is 0 Å². The fraction of sp³-hybridized carbons (Fsp3) is 0.0625. The number of carboxylic acid groups (broad SMARTS) is 3. The predicted octanol–water partition coefficient (Wildman–Crippen LogP) is 1.94. The Bertz CT molecular complexity index is 776. The first-order chi connectivity index (χ1) is 10.8. The number of aliphatic hydroxyl groups excluding tert-OH is 1. The third-order valence-electron chi connectivity index (χ3n) is 3.18. The van der Waals surface area contributed by atoms with Crippen LogP contribution in [0.3, 0.4) is 0 Å². The molecule has 0 unspecified atom stereocenters. The van der Waals surface area contributed by atoms with Crippen LogP contribution < -0.4 is 0 Å². The SMILES string of the molecule is O=C(O)c1cc(CO)cc(-c2cc(C(=O)O)cc(C(=O)O)c2)c1. The van der Waals surface area contributed by atoms with Gasteiger partial charge in [0.15, 0.2) is 0 Å². The summed E-state index contributed by atoms with van der Waals surface area (Å²) in [7, 11) is 0. The number of hydrogen-bond donors (Lipinski definition) is 4. The molecule has 2 rings (SSSR count). The van der Waals surface area contributed by atoms with Crippen molar-refractivity contribution in [1.29, 1.82) is 0 Å². The minimum absolute atomic E-state index is 0.0934. The van der Waals surface area contributed by atoms with Crippen LogP contribution in [-0.4, -0.2) is 38.3 Å². The summed E-state index contributed by atoms with van der Waals surface area (Å²) in [6, 6.07) is 7.55. The highest BCUT2D eigenvalue weighted by molar-refractivity contribution is 5.96. The van der Waals surface area contributed by atoms with Gasteiger partial charge in [0.1, 0.15) is 0 Å². The summed E-state index contributed by atoms with van der Waals surface area (Å²) in [5, 5.41) is 36.5. The van der Waals surface area contributed by atoms with Crippen LogP contribution in [0, 0.1) is 0 Å². The highest BCUT2D eigenvalue weighted by atomic mass is 16.4. The average molecular weight is 316 g/mol. The summed E-state index contributed by atoms with van der Waals surface area (Å²) >= 11 is 0. The van der Waals surface area contributed by atoms with E-state index in [4.69, 9.17) is 15.3 Å². The highest BCUT2D eigenvalue weighted by Gasteiger charge is 2.14. The van der Waals surface area contributed by atoms with Crippen molar-refractivity contribution < 1.29 is 34.8 Å². The van der Waals surface area contributed by atoms with Gasteiger partial charge >= 0.3 is 17.9 Å². The number of benzene rings is 2. The summed E-state index contributed by atoms with van der Waals surface area (Å²) in [4.78, 5) is 33.4. The molecule has 0 amide bonds. The van der Waals surface area contributed by atoms with E-state index in [1.807, 2.05) is 0 Å². The van der Waals surface area contributed by atoms with E-state index >= 15 is 0 Å². The first-order valence-electron chi connectivity index (χ1n) is 6.42. The standard InChI is InChI=1S/C16H12O7/c17-7-8-1-9(3-11(2-8)14(18)19)10-4-12(15(20)21)6-13(5-10)16(22)23/h1-6,17H,7H2,(H,18,19)(H,20,21)(H,22,23). The highest BCUT2D eigenvalue weighted by Crippen LogP contribution is 2.25. The zero-order valence-electron chi connectivity index (χ0n) is 11.7. The number of hydrogen-bond acceptors (Lipinski definition) is 4. The molecule has 7 nitrogen and oxygen atoms in total. The third kappa shape index (κ3) is 3.53. The van der Waals surface area contributed by atoms with Crippen molar-refractivity contribution in [2.75, 3.05) is 0 Å². The fourth-order valence-electron chi connectivity index (χ4n) is 2.11. The van der Waals surface area contributed by atoms with Gasteiger partial charge in [0.2, 0.25) is 0 Å². The molecule has 0 aliphatic carbocycles. The maximum atomic E-state index is 11.1. The quantitative estimate of drug-likeness (QED) is 0.662. The first-order valence-corrected chi connectivity index (χ1v) is 6.42. The van der Waals surface area contributed by atoms with Crippen LogP contribution >= 0.6 is 0 Å². The molecule has 0 aliphatic heterocycles. The van der Waals surface area contributed by atoms with Crippen LogP contribution in [0.2, 0.25) is 0 Å². The Balaban J connectivity index is 2.69. The zero-order valence-corrected chi connectivity index (χ0v) is 11.7. The number of rotatable bonds is 5. The first kappa shape index (κ1) is 16.2. The maximum Gasteiger partial charge on any atom is 0.335 e. The molecule has 4 N–H and O–H groups in total. The van der Waals surface area contributed by atoms with E-state index in [0.717, 1.165) is 6.07 Å². The number of carboxylic acids is 3. The van der Waals surface area contributed by atoms with Gasteiger partial charge < -0.3 is 20.4 Å². The lowest BCUT2D eigenvalue weighted by atomic mass is 9.96. The van der Waals surface area contributed by atoms with Gasteiger partial charge in [0.25, 0.3) is 0 Å². The normalized spacial score (nSPS) is 10.3. The van der Waals surface area contributed by atoms with Gasteiger partial charge in [0.05, 0.1) is 23.3 Å². The van der Waals surface area contributed by atoms with Crippen molar-refractivity contribution in [3.63, 3.8) is 0 Å². The number of carbonyl (C=O) groups is 3. The lowest BCUT2D eigenvalue weighted by molar-refractivity contribution is 0.0681. The second-order valence-electron chi connectivity index (χ2n) is 4.79. The second-order valence-corrected chi connectivity index (χ2v) is 4.79. The Kier molecular flexibility index (Phi) is 4.42. The Morgan fingerprint density at radius 2 is 1.04 bits per heavy atom. The van der Waals surface area contributed by atoms with Gasteiger partial charge in [-0.05, 0) is 53.1 Å². The van der Waals surface area contributed by atoms with E-state index in [2.05, 4.69) is 0 Å². The van der Waals surface area contributed by atoms with Crippen LogP contribution in [0.15, 0.2) is 36.4 Å². The van der Waals surface area contributed by atoms with E-state index in [-0.39, 0.29) is 22.3 Å². The van der Waals surface area contributed by atoms with Crippen molar-refractivity contribution >= 4 is 17.9 Å². The van der Waals surface area contributed by atoms with E-state index in [1.54, 1.807) is 0 Å². The van der Waals surface area contributed by atoms with Crippen molar-refractivity contribution in [3.8, 4) is 11.1 Å². The topological polar surface area (TPSA) is 132 Å². The molecule has 2 aromatic carbocycles. The molecule has 2 aromatic rings. The van der Waals surface area contributed by atoms with Crippen LogP contribution in [0.5, 0.6) is 0 Å². The van der Waals surface area contributed by atoms with Gasteiger partial charge in [-0.2, -0.15) is 0 Å². The molecule has 0 spiro atoms. The molecule has 0 radical (unpaired) electrons. The van der Waals surface area contributed by atoms with Crippen LogP contribution in [0.4, 0.5) is 0 Å². The van der Waals surface area contributed by atoms with Gasteiger partial charge in [-0.1, -0.05) is 0 Å². The van der Waals surface area contributed by atoms with Crippen LogP contribution in [-0.2, 0) is 6.61 Å². The summed E-state index contributed by atoms with van der Waals surface area (Å²) < 4.78 is 0. The van der Waals surface area contributed by atoms with Crippen molar-refractivity contribution in [1.82, 2.24) is 0 Å². The molecule has 0 bridgehead atoms. The smallest absolute Gasteiger partial charge is 0.335 e. The van der Waals surface area contributed by atoms with E-state index in [9.17, 15) is 19.5 Å². The van der Waals surface area contributed by atoms with Gasteiger partial charge in [-0.25, -0.2) is 14.4 Å².